The number of ether oxygens (including phenoxy) is 2. The van der Waals surface area contributed by atoms with Crippen molar-refractivity contribution in [3.05, 3.63) is 12.2 Å². The summed E-state index contributed by atoms with van der Waals surface area (Å²) in [4.78, 5) is 35.2. The van der Waals surface area contributed by atoms with E-state index in [-0.39, 0.29) is 24.9 Å². The first-order chi connectivity index (χ1) is 11.0. The minimum Gasteiger partial charge on any atom is -0.466 e. The van der Waals surface area contributed by atoms with Gasteiger partial charge in [-0.15, -0.1) is 0 Å². The molecule has 0 aromatic rings. The number of rotatable bonds is 5. The average Bonchev–Trinajstić information content (AvgIpc) is 2.76. The summed E-state index contributed by atoms with van der Waals surface area (Å²) in [6.07, 6.45) is 5.12. The molecule has 0 spiro atoms. The predicted octanol–water partition coefficient (Wildman–Crippen LogP) is 0.0670. The Balaban J connectivity index is 1.74. The van der Waals surface area contributed by atoms with Crippen molar-refractivity contribution in [3.8, 4) is 0 Å². The highest BCUT2D eigenvalue weighted by molar-refractivity contribution is 6.00. The minimum absolute atomic E-state index is 0.0803. The first-order valence-corrected chi connectivity index (χ1v) is 7.98. The lowest BCUT2D eigenvalue weighted by atomic mass is 9.72. The molecule has 0 unspecified atom stereocenters. The summed E-state index contributed by atoms with van der Waals surface area (Å²) < 4.78 is 10.0. The quantitative estimate of drug-likeness (QED) is 0.548. The van der Waals surface area contributed by atoms with Gasteiger partial charge in [0.25, 0.3) is 0 Å². The van der Waals surface area contributed by atoms with Crippen LogP contribution in [0.4, 0.5) is 0 Å². The highest BCUT2D eigenvalue weighted by Gasteiger charge is 2.72. The van der Waals surface area contributed by atoms with Gasteiger partial charge in [0.05, 0.1) is 18.6 Å². The van der Waals surface area contributed by atoms with E-state index in [1.54, 1.807) is 0 Å². The second-order valence-corrected chi connectivity index (χ2v) is 6.39. The van der Waals surface area contributed by atoms with Gasteiger partial charge in [0.2, 0.25) is 11.4 Å². The number of aliphatic hydroxyl groups is 1. The van der Waals surface area contributed by atoms with Crippen LogP contribution < -0.4 is 5.32 Å². The van der Waals surface area contributed by atoms with E-state index in [0.29, 0.717) is 0 Å². The molecule has 0 radical (unpaired) electrons. The van der Waals surface area contributed by atoms with Crippen LogP contribution in [0.1, 0.15) is 32.6 Å². The van der Waals surface area contributed by atoms with Crippen molar-refractivity contribution in [2.75, 3.05) is 6.61 Å². The molecule has 5 atom stereocenters. The van der Waals surface area contributed by atoms with Gasteiger partial charge in [0.1, 0.15) is 0 Å². The second kappa shape index (κ2) is 5.96. The van der Waals surface area contributed by atoms with E-state index in [1.807, 2.05) is 12.2 Å². The Labute approximate surface area is 134 Å². The number of carbonyl (C=O) groups excluding carboxylic acids is 3. The van der Waals surface area contributed by atoms with Crippen LogP contribution in [-0.4, -0.2) is 47.3 Å². The Kier molecular flexibility index (Phi) is 4.14. The molecule has 2 heterocycles. The molecule has 7 heteroatoms. The summed E-state index contributed by atoms with van der Waals surface area (Å²) in [5.41, 5.74) is -1.36. The third-order valence-electron chi connectivity index (χ3n) is 4.95. The largest absolute Gasteiger partial charge is 0.466 e. The van der Waals surface area contributed by atoms with Crippen LogP contribution in [0.25, 0.3) is 0 Å². The predicted molar refractivity (Wildman–Crippen MR) is 78.0 cm³/mol. The highest BCUT2D eigenvalue weighted by atomic mass is 16.6. The summed E-state index contributed by atoms with van der Waals surface area (Å²) in [5, 5.41) is 13.4. The van der Waals surface area contributed by atoms with Gasteiger partial charge in [-0.1, -0.05) is 12.2 Å². The van der Waals surface area contributed by atoms with Gasteiger partial charge in [0, 0.05) is 12.8 Å². The highest BCUT2D eigenvalue weighted by Crippen LogP contribution is 2.45. The molecule has 0 saturated carbocycles. The molecule has 3 aliphatic rings. The molecule has 126 valence electrons. The molecule has 2 N–H and O–H groups in total. The SMILES string of the molecule is CC(=O)OCC[C@H]1C(=O)N[C@@]2([C@@H](O)[C@@H]3C=CCCC3)C(=O)O[C@@H]12. The molecule has 7 nitrogen and oxygen atoms in total. The van der Waals surface area contributed by atoms with Crippen LogP contribution in [0, 0.1) is 11.8 Å². The normalized spacial score (nSPS) is 36.5. The van der Waals surface area contributed by atoms with Gasteiger partial charge in [-0.05, 0) is 25.7 Å². The third-order valence-corrected chi connectivity index (χ3v) is 4.95. The van der Waals surface area contributed by atoms with Crippen LogP contribution in [0.3, 0.4) is 0 Å². The van der Waals surface area contributed by atoms with Gasteiger partial charge in [-0.25, -0.2) is 4.79 Å². The van der Waals surface area contributed by atoms with Gasteiger partial charge in [0.15, 0.2) is 6.10 Å². The van der Waals surface area contributed by atoms with E-state index in [1.165, 1.54) is 6.92 Å². The zero-order valence-electron chi connectivity index (χ0n) is 13.0. The Morgan fingerprint density at radius 2 is 2.35 bits per heavy atom. The molecule has 0 bridgehead atoms. The van der Waals surface area contributed by atoms with Crippen LogP contribution in [0.5, 0.6) is 0 Å². The number of hydrogen-bond donors (Lipinski definition) is 2. The van der Waals surface area contributed by atoms with Gasteiger partial charge < -0.3 is 19.9 Å². The lowest BCUT2D eigenvalue weighted by molar-refractivity contribution is -0.208. The average molecular weight is 323 g/mol. The summed E-state index contributed by atoms with van der Waals surface area (Å²) in [6, 6.07) is 0. The Bertz CT molecular complexity index is 559. The maximum atomic E-state index is 12.2. The van der Waals surface area contributed by atoms with Gasteiger partial charge >= 0.3 is 11.9 Å². The van der Waals surface area contributed by atoms with Crippen molar-refractivity contribution in [1.29, 1.82) is 0 Å². The Morgan fingerprint density at radius 3 is 2.96 bits per heavy atom. The van der Waals surface area contributed by atoms with Crippen molar-refractivity contribution in [1.82, 2.24) is 5.32 Å². The first kappa shape index (κ1) is 16.0. The number of aliphatic hydroxyl groups excluding tert-OH is 1. The maximum Gasteiger partial charge on any atom is 0.339 e. The van der Waals surface area contributed by atoms with Crippen LogP contribution in [0.15, 0.2) is 12.2 Å². The second-order valence-electron chi connectivity index (χ2n) is 6.39. The van der Waals surface area contributed by atoms with Crippen molar-refractivity contribution in [2.24, 2.45) is 11.8 Å². The summed E-state index contributed by atoms with van der Waals surface area (Å²) in [7, 11) is 0. The lowest BCUT2D eigenvalue weighted by Crippen LogP contribution is -2.74. The zero-order valence-corrected chi connectivity index (χ0v) is 13.0. The minimum atomic E-state index is -1.36. The van der Waals surface area contributed by atoms with E-state index >= 15 is 0 Å². The topological polar surface area (TPSA) is 102 Å². The number of esters is 2. The number of hydrogen-bond acceptors (Lipinski definition) is 6. The molecule has 0 aromatic heterocycles. The number of fused-ring (bicyclic) bond motifs is 1. The van der Waals surface area contributed by atoms with Crippen molar-refractivity contribution in [2.45, 2.75) is 50.4 Å². The van der Waals surface area contributed by atoms with Crippen molar-refractivity contribution >= 4 is 17.8 Å². The van der Waals surface area contributed by atoms with E-state index in [2.05, 4.69) is 5.32 Å². The monoisotopic (exact) mass is 323 g/mol. The smallest absolute Gasteiger partial charge is 0.339 e. The molecule has 2 fully saturated rings. The summed E-state index contributed by atoms with van der Waals surface area (Å²) in [5.74, 6) is -2.13. The molecule has 1 amide bonds. The fraction of sp³-hybridized carbons (Fsp3) is 0.688. The fourth-order valence-electron chi connectivity index (χ4n) is 3.73. The van der Waals surface area contributed by atoms with Gasteiger partial charge in [-0.2, -0.15) is 0 Å². The Hall–Kier alpha value is -1.89. The number of amides is 1. The summed E-state index contributed by atoms with van der Waals surface area (Å²) >= 11 is 0. The molecule has 2 aliphatic heterocycles. The maximum absolute atomic E-state index is 12.2. The van der Waals surface area contributed by atoms with Crippen LogP contribution in [0.2, 0.25) is 0 Å². The molecular weight excluding hydrogens is 302 g/mol. The van der Waals surface area contributed by atoms with Crippen molar-refractivity contribution < 1.29 is 29.0 Å². The lowest BCUT2D eigenvalue weighted by Gasteiger charge is -2.47. The first-order valence-electron chi connectivity index (χ1n) is 7.98. The number of carbonyl (C=O) groups is 3. The van der Waals surface area contributed by atoms with Gasteiger partial charge in [-0.3, -0.25) is 9.59 Å². The van der Waals surface area contributed by atoms with E-state index in [9.17, 15) is 19.5 Å². The summed E-state index contributed by atoms with van der Waals surface area (Å²) in [6.45, 7) is 1.37. The molecule has 23 heavy (non-hydrogen) atoms. The van der Waals surface area contributed by atoms with Crippen molar-refractivity contribution in [3.63, 3.8) is 0 Å². The molecular formula is C16H21NO6. The zero-order chi connectivity index (χ0) is 16.6. The molecule has 0 aromatic carbocycles. The molecule has 1 aliphatic carbocycles. The van der Waals surface area contributed by atoms with Crippen LogP contribution in [-0.2, 0) is 23.9 Å². The Morgan fingerprint density at radius 1 is 1.57 bits per heavy atom. The van der Waals surface area contributed by atoms with E-state index < -0.39 is 35.6 Å². The van der Waals surface area contributed by atoms with Crippen LogP contribution >= 0.6 is 0 Å². The third kappa shape index (κ3) is 2.52. The number of allylic oxidation sites excluding steroid dienone is 1. The molecule has 2 saturated heterocycles. The van der Waals surface area contributed by atoms with E-state index in [0.717, 1.165) is 19.3 Å². The standard InChI is InChI=1S/C16H21NO6/c1-9(18)22-8-7-11-13-16(15(21)23-13,17-14(11)20)12(19)10-5-3-2-4-6-10/h3,5,10-13,19H,2,4,6-8H2,1H3,(H,17,20)/t10-,11-,12+,13+,16-/m1/s1. The molecule has 3 rings (SSSR count). The van der Waals surface area contributed by atoms with E-state index in [4.69, 9.17) is 9.47 Å². The fourth-order valence-corrected chi connectivity index (χ4v) is 3.73. The number of nitrogens with one attached hydrogen (secondary N) is 1.